The minimum Gasteiger partial charge on any atom is -0.382 e. The summed E-state index contributed by atoms with van der Waals surface area (Å²) in [5, 5.41) is 0. The van der Waals surface area contributed by atoms with Gasteiger partial charge in [0.15, 0.2) is 0 Å². The van der Waals surface area contributed by atoms with Gasteiger partial charge in [0, 0.05) is 18.0 Å². The molecule has 0 aromatic heterocycles. The van der Waals surface area contributed by atoms with Crippen molar-refractivity contribution in [1.29, 1.82) is 0 Å². The first-order chi connectivity index (χ1) is 11.0. The molecule has 136 valence electrons. The maximum atomic E-state index is 12.7. The lowest BCUT2D eigenvalue weighted by atomic mass is 9.93. The van der Waals surface area contributed by atoms with E-state index in [4.69, 9.17) is 4.18 Å². The number of amides is 1. The second-order valence-electron chi connectivity index (χ2n) is 7.01. The molecule has 6 heteroatoms. The predicted octanol–water partition coefficient (Wildman–Crippen LogP) is 3.59. The third-order valence-electron chi connectivity index (χ3n) is 3.88. The van der Waals surface area contributed by atoms with Gasteiger partial charge in [0.25, 0.3) is 0 Å². The summed E-state index contributed by atoms with van der Waals surface area (Å²) in [7, 11) is -3.52. The highest BCUT2D eigenvalue weighted by Gasteiger charge is 2.29. The van der Waals surface area contributed by atoms with Crippen LogP contribution in [0.5, 0.6) is 5.75 Å². The average Bonchev–Trinajstić information content (AvgIpc) is 2.51. The Bertz CT molecular complexity index is 645. The van der Waals surface area contributed by atoms with Crippen LogP contribution in [-0.2, 0) is 21.5 Å². The van der Waals surface area contributed by atoms with Gasteiger partial charge in [0.2, 0.25) is 5.91 Å². The molecule has 24 heavy (non-hydrogen) atoms. The molecular formula is C18H29NO4S. The van der Waals surface area contributed by atoms with E-state index in [1.165, 1.54) is 6.92 Å². The predicted molar refractivity (Wildman–Crippen MR) is 96.3 cm³/mol. The third-order valence-corrected chi connectivity index (χ3v) is 5.03. The van der Waals surface area contributed by atoms with Gasteiger partial charge in [-0.05, 0) is 38.0 Å². The molecule has 1 rings (SSSR count). The lowest BCUT2D eigenvalue weighted by Gasteiger charge is -2.34. The van der Waals surface area contributed by atoms with E-state index in [1.54, 1.807) is 24.3 Å². The highest BCUT2D eigenvalue weighted by atomic mass is 32.2. The molecule has 0 fully saturated rings. The van der Waals surface area contributed by atoms with E-state index in [1.807, 2.05) is 32.6 Å². The quantitative estimate of drug-likeness (QED) is 0.701. The minimum absolute atomic E-state index is 0.0728. The highest BCUT2D eigenvalue weighted by Crippen LogP contribution is 2.23. The summed E-state index contributed by atoms with van der Waals surface area (Å²) in [5.74, 6) is 0.319. The second-order valence-corrected chi connectivity index (χ2v) is 8.87. The molecule has 0 radical (unpaired) electrons. The fourth-order valence-electron chi connectivity index (χ4n) is 2.13. The van der Waals surface area contributed by atoms with Gasteiger partial charge in [-0.1, -0.05) is 39.8 Å². The summed E-state index contributed by atoms with van der Waals surface area (Å²) in [6.07, 6.45) is 0.873. The molecule has 0 N–H and O–H groups in total. The van der Waals surface area contributed by atoms with E-state index in [2.05, 4.69) is 6.92 Å². The molecule has 0 bridgehead atoms. The molecule has 1 atom stereocenters. The number of nitrogens with zero attached hydrogens (tertiary/aromatic N) is 1. The Morgan fingerprint density at radius 2 is 1.71 bits per heavy atom. The van der Waals surface area contributed by atoms with Crippen LogP contribution in [0.3, 0.4) is 0 Å². The molecule has 0 aliphatic rings. The molecule has 1 amide bonds. The minimum atomic E-state index is -3.52. The number of hydrogen-bond acceptors (Lipinski definition) is 4. The molecule has 0 aliphatic carbocycles. The molecule has 1 unspecified atom stereocenters. The van der Waals surface area contributed by atoms with Crippen molar-refractivity contribution in [2.75, 3.05) is 5.75 Å². The summed E-state index contributed by atoms with van der Waals surface area (Å²) < 4.78 is 27.9. The van der Waals surface area contributed by atoms with E-state index < -0.39 is 15.5 Å². The lowest BCUT2D eigenvalue weighted by Crippen LogP contribution is -2.44. The van der Waals surface area contributed by atoms with E-state index in [0.29, 0.717) is 6.54 Å². The molecule has 1 aromatic carbocycles. The van der Waals surface area contributed by atoms with Crippen LogP contribution in [0.2, 0.25) is 0 Å². The number of hydrogen-bond donors (Lipinski definition) is 0. The third kappa shape index (κ3) is 5.82. The Kier molecular flexibility index (Phi) is 6.84. The van der Waals surface area contributed by atoms with Gasteiger partial charge in [-0.25, -0.2) is 0 Å². The zero-order valence-corrected chi connectivity index (χ0v) is 16.3. The zero-order valence-electron chi connectivity index (χ0n) is 15.5. The first-order valence-corrected chi connectivity index (χ1v) is 9.90. The summed E-state index contributed by atoms with van der Waals surface area (Å²) in [5.41, 5.74) is 0.496. The first kappa shape index (κ1) is 20.5. The topological polar surface area (TPSA) is 63.7 Å². The molecule has 0 saturated heterocycles. The van der Waals surface area contributed by atoms with Crippen molar-refractivity contribution in [2.24, 2.45) is 5.41 Å². The summed E-state index contributed by atoms with van der Waals surface area (Å²) >= 11 is 0. The summed E-state index contributed by atoms with van der Waals surface area (Å²) in [6, 6.07) is 6.98. The van der Waals surface area contributed by atoms with Crippen LogP contribution in [0, 0.1) is 5.41 Å². The van der Waals surface area contributed by atoms with Crippen molar-refractivity contribution in [1.82, 2.24) is 4.90 Å². The molecule has 5 nitrogen and oxygen atoms in total. The molecular weight excluding hydrogens is 326 g/mol. The number of carbonyl (C=O) groups is 1. The fourth-order valence-corrected chi connectivity index (χ4v) is 2.65. The van der Waals surface area contributed by atoms with Crippen LogP contribution in [0.1, 0.15) is 53.5 Å². The normalized spacial score (nSPS) is 13.4. The van der Waals surface area contributed by atoms with Crippen LogP contribution >= 0.6 is 0 Å². The van der Waals surface area contributed by atoms with Gasteiger partial charge in [0.05, 0.1) is 5.75 Å². The maximum absolute atomic E-state index is 12.7. The van der Waals surface area contributed by atoms with Crippen LogP contribution in [0.25, 0.3) is 0 Å². The number of carbonyl (C=O) groups excluding carboxylic acids is 1. The monoisotopic (exact) mass is 355 g/mol. The van der Waals surface area contributed by atoms with E-state index >= 15 is 0 Å². The summed E-state index contributed by atoms with van der Waals surface area (Å²) in [4.78, 5) is 14.6. The Morgan fingerprint density at radius 3 is 2.12 bits per heavy atom. The fraction of sp³-hybridized carbons (Fsp3) is 0.611. The Balaban J connectivity index is 2.94. The molecule has 0 heterocycles. The van der Waals surface area contributed by atoms with Crippen molar-refractivity contribution in [2.45, 2.75) is 60.5 Å². The lowest BCUT2D eigenvalue weighted by molar-refractivity contribution is -0.142. The Hall–Kier alpha value is -1.56. The zero-order chi connectivity index (χ0) is 18.5. The second kappa shape index (κ2) is 8.01. The average molecular weight is 356 g/mol. The first-order valence-electron chi connectivity index (χ1n) is 8.32. The molecule has 0 aliphatic heterocycles. The van der Waals surface area contributed by atoms with Crippen molar-refractivity contribution >= 4 is 16.0 Å². The van der Waals surface area contributed by atoms with Crippen molar-refractivity contribution in [3.63, 3.8) is 0 Å². The SMILES string of the molecule is CCC(C)N(Cc1ccc(OS(=O)(=O)CC)cc1)C(=O)C(C)(C)C. The van der Waals surface area contributed by atoms with Gasteiger partial charge in [-0.3, -0.25) is 4.79 Å². The van der Waals surface area contributed by atoms with E-state index in [9.17, 15) is 13.2 Å². The summed E-state index contributed by atoms with van der Waals surface area (Å²) in [6.45, 7) is 11.9. The van der Waals surface area contributed by atoms with Gasteiger partial charge in [-0.15, -0.1) is 0 Å². The van der Waals surface area contributed by atoms with Crippen molar-refractivity contribution < 1.29 is 17.4 Å². The number of benzene rings is 1. The Labute approximate surface area is 146 Å². The van der Waals surface area contributed by atoms with E-state index in [0.717, 1.165) is 12.0 Å². The van der Waals surface area contributed by atoms with E-state index in [-0.39, 0.29) is 23.5 Å². The van der Waals surface area contributed by atoms with Crippen LogP contribution < -0.4 is 4.18 Å². The largest absolute Gasteiger partial charge is 0.382 e. The van der Waals surface area contributed by atoms with Crippen LogP contribution in [-0.4, -0.2) is 31.0 Å². The Morgan fingerprint density at radius 1 is 1.17 bits per heavy atom. The van der Waals surface area contributed by atoms with Gasteiger partial charge < -0.3 is 9.08 Å². The van der Waals surface area contributed by atoms with Crippen LogP contribution in [0.4, 0.5) is 0 Å². The molecule has 1 aromatic rings. The smallest absolute Gasteiger partial charge is 0.308 e. The van der Waals surface area contributed by atoms with Gasteiger partial charge in [0.1, 0.15) is 5.75 Å². The maximum Gasteiger partial charge on any atom is 0.308 e. The standard InChI is InChI=1S/C18H29NO4S/c1-7-14(3)19(17(20)18(4,5)6)13-15-9-11-16(12-10-15)23-24(21,22)8-2/h9-12,14H,7-8,13H2,1-6H3. The highest BCUT2D eigenvalue weighted by molar-refractivity contribution is 7.87. The van der Waals surface area contributed by atoms with Gasteiger partial charge in [-0.2, -0.15) is 8.42 Å². The molecule has 0 spiro atoms. The molecule has 0 saturated carbocycles. The van der Waals surface area contributed by atoms with Crippen LogP contribution in [0.15, 0.2) is 24.3 Å². The van der Waals surface area contributed by atoms with Gasteiger partial charge >= 0.3 is 10.1 Å². The van der Waals surface area contributed by atoms with Crippen molar-refractivity contribution in [3.8, 4) is 5.75 Å². The van der Waals surface area contributed by atoms with Crippen molar-refractivity contribution in [3.05, 3.63) is 29.8 Å². The number of rotatable bonds is 7.